The summed E-state index contributed by atoms with van der Waals surface area (Å²) in [5.41, 5.74) is 0.524. The highest BCUT2D eigenvalue weighted by molar-refractivity contribution is 14.1. The molecule has 4 nitrogen and oxygen atoms in total. The Labute approximate surface area is 103 Å². The van der Waals surface area contributed by atoms with Crippen molar-refractivity contribution in [1.29, 1.82) is 0 Å². The Balaban J connectivity index is 2.63. The average Bonchev–Trinajstić information content (AvgIpc) is 2.25. The van der Waals surface area contributed by atoms with E-state index in [0.29, 0.717) is 0 Å². The second kappa shape index (κ2) is 4.51. The molecule has 5 heteroatoms. The van der Waals surface area contributed by atoms with E-state index in [4.69, 9.17) is 4.74 Å². The fourth-order valence-corrected chi connectivity index (χ4v) is 1.84. The van der Waals surface area contributed by atoms with Gasteiger partial charge in [0.25, 0.3) is 0 Å². The average molecular weight is 322 g/mol. The Morgan fingerprint density at radius 2 is 2.20 bits per heavy atom. The van der Waals surface area contributed by atoms with Crippen LogP contribution in [0.15, 0.2) is 6.07 Å². The first kappa shape index (κ1) is 12.5. The molecule has 1 rings (SSSR count). The van der Waals surface area contributed by atoms with Gasteiger partial charge in [0.15, 0.2) is 0 Å². The Bertz CT molecular complexity index is 366. The van der Waals surface area contributed by atoms with Crippen LogP contribution in [0.4, 0.5) is 0 Å². The van der Waals surface area contributed by atoms with Gasteiger partial charge >= 0.3 is 5.97 Å². The molecule has 15 heavy (non-hydrogen) atoms. The zero-order valence-corrected chi connectivity index (χ0v) is 11.5. The van der Waals surface area contributed by atoms with Gasteiger partial charge in [-0.25, -0.2) is 0 Å². The highest BCUT2D eigenvalue weighted by atomic mass is 127. The summed E-state index contributed by atoms with van der Waals surface area (Å²) in [5, 5.41) is 4.18. The largest absolute Gasteiger partial charge is 0.459 e. The van der Waals surface area contributed by atoms with Gasteiger partial charge in [-0.1, -0.05) is 0 Å². The minimum absolute atomic E-state index is 0.173. The third-order valence-electron chi connectivity index (χ3n) is 1.65. The summed E-state index contributed by atoms with van der Waals surface area (Å²) in [7, 11) is 0. The molecule has 0 aromatic carbocycles. The number of rotatable bonds is 2. The molecule has 0 aliphatic carbocycles. The van der Waals surface area contributed by atoms with E-state index in [1.54, 1.807) is 4.68 Å². The number of nitrogens with zero attached hydrogens (tertiary/aromatic N) is 2. The highest BCUT2D eigenvalue weighted by Gasteiger charge is 2.17. The molecule has 0 spiro atoms. The fourth-order valence-electron chi connectivity index (χ4n) is 1.13. The molecule has 1 heterocycles. The molecule has 0 aliphatic rings. The van der Waals surface area contributed by atoms with Crippen molar-refractivity contribution in [3.05, 3.63) is 15.5 Å². The monoisotopic (exact) mass is 322 g/mol. The predicted octanol–water partition coefficient (Wildman–Crippen LogP) is 2.14. The number of carbonyl (C=O) groups is 1. The maximum absolute atomic E-state index is 11.5. The normalized spacial score (nSPS) is 11.5. The summed E-state index contributed by atoms with van der Waals surface area (Å²) in [6.45, 7) is 7.64. The number of hydrogen-bond acceptors (Lipinski definition) is 3. The molecule has 0 saturated heterocycles. The van der Waals surface area contributed by atoms with Crippen LogP contribution in [-0.2, 0) is 16.1 Å². The summed E-state index contributed by atoms with van der Waals surface area (Å²) in [4.78, 5) is 11.5. The molecular weight excluding hydrogens is 307 g/mol. The molecule has 84 valence electrons. The zero-order chi connectivity index (χ0) is 11.6. The molecule has 1 aromatic heterocycles. The molecule has 0 radical (unpaired) electrons. The smallest absolute Gasteiger partial charge is 0.328 e. The van der Waals surface area contributed by atoms with Gasteiger partial charge in [-0.15, -0.1) is 0 Å². The number of aryl methyl sites for hydroxylation is 1. The van der Waals surface area contributed by atoms with Crippen molar-refractivity contribution in [3.63, 3.8) is 0 Å². The van der Waals surface area contributed by atoms with Crippen LogP contribution in [0, 0.1) is 10.6 Å². The van der Waals surface area contributed by atoms with Crippen molar-refractivity contribution in [2.24, 2.45) is 0 Å². The van der Waals surface area contributed by atoms with Crippen LogP contribution < -0.4 is 0 Å². The first-order valence-electron chi connectivity index (χ1n) is 4.70. The summed E-state index contributed by atoms with van der Waals surface area (Å²) in [6, 6.07) is 1.92. The first-order valence-corrected chi connectivity index (χ1v) is 5.77. The number of halogens is 1. The van der Waals surface area contributed by atoms with Crippen LogP contribution in [-0.4, -0.2) is 21.4 Å². The molecular formula is C10H15IN2O2. The minimum Gasteiger partial charge on any atom is -0.459 e. The first-order chi connectivity index (χ1) is 6.78. The van der Waals surface area contributed by atoms with Gasteiger partial charge in [0.05, 0.1) is 0 Å². The van der Waals surface area contributed by atoms with E-state index in [2.05, 4.69) is 27.7 Å². The quantitative estimate of drug-likeness (QED) is 0.619. The van der Waals surface area contributed by atoms with Crippen LogP contribution in [0.25, 0.3) is 0 Å². The second-order valence-corrected chi connectivity index (χ2v) is 5.46. The topological polar surface area (TPSA) is 44.1 Å². The van der Waals surface area contributed by atoms with Crippen molar-refractivity contribution < 1.29 is 9.53 Å². The minimum atomic E-state index is -0.439. The number of carbonyl (C=O) groups excluding carboxylic acids is 1. The van der Waals surface area contributed by atoms with Crippen molar-refractivity contribution in [2.45, 2.75) is 39.8 Å². The van der Waals surface area contributed by atoms with Crippen LogP contribution in [0.5, 0.6) is 0 Å². The lowest BCUT2D eigenvalue weighted by molar-refractivity contribution is -0.155. The molecule has 0 N–H and O–H groups in total. The maximum Gasteiger partial charge on any atom is 0.328 e. The SMILES string of the molecule is Cc1cc(I)nn1CC(=O)OC(C)(C)C. The van der Waals surface area contributed by atoms with Crippen molar-refractivity contribution in [3.8, 4) is 0 Å². The molecule has 0 amide bonds. The zero-order valence-electron chi connectivity index (χ0n) is 9.37. The number of esters is 1. The lowest BCUT2D eigenvalue weighted by Crippen LogP contribution is -2.27. The predicted molar refractivity (Wildman–Crippen MR) is 65.5 cm³/mol. The van der Waals surface area contributed by atoms with E-state index in [-0.39, 0.29) is 12.5 Å². The van der Waals surface area contributed by atoms with Crippen molar-refractivity contribution in [2.75, 3.05) is 0 Å². The summed E-state index contributed by atoms with van der Waals surface area (Å²) >= 11 is 2.12. The summed E-state index contributed by atoms with van der Waals surface area (Å²) in [6.07, 6.45) is 0. The number of ether oxygens (including phenoxy) is 1. The Morgan fingerprint density at radius 3 is 2.60 bits per heavy atom. The van der Waals surface area contributed by atoms with Gasteiger partial charge in [-0.2, -0.15) is 5.10 Å². The van der Waals surface area contributed by atoms with Crippen LogP contribution in [0.3, 0.4) is 0 Å². The number of aromatic nitrogens is 2. The van der Waals surface area contributed by atoms with Gasteiger partial charge in [0.1, 0.15) is 15.8 Å². The maximum atomic E-state index is 11.5. The number of hydrogen-bond donors (Lipinski definition) is 0. The van der Waals surface area contributed by atoms with Crippen LogP contribution in [0.1, 0.15) is 26.5 Å². The van der Waals surface area contributed by atoms with Gasteiger partial charge in [0.2, 0.25) is 0 Å². The van der Waals surface area contributed by atoms with Gasteiger partial charge in [0, 0.05) is 5.69 Å². The van der Waals surface area contributed by atoms with E-state index >= 15 is 0 Å². The second-order valence-electron chi connectivity index (χ2n) is 4.35. The molecule has 0 bridgehead atoms. The highest BCUT2D eigenvalue weighted by Crippen LogP contribution is 2.09. The summed E-state index contributed by atoms with van der Waals surface area (Å²) in [5.74, 6) is -0.259. The van der Waals surface area contributed by atoms with Gasteiger partial charge in [-0.05, 0) is 56.4 Å². The Hall–Kier alpha value is -0.590. The van der Waals surface area contributed by atoms with E-state index in [1.807, 2.05) is 33.8 Å². The van der Waals surface area contributed by atoms with E-state index < -0.39 is 5.60 Å². The molecule has 0 aliphatic heterocycles. The van der Waals surface area contributed by atoms with Gasteiger partial charge < -0.3 is 4.74 Å². The third kappa shape index (κ3) is 4.19. The fraction of sp³-hybridized carbons (Fsp3) is 0.600. The van der Waals surface area contributed by atoms with Gasteiger partial charge in [-0.3, -0.25) is 9.48 Å². The van der Waals surface area contributed by atoms with Crippen molar-refractivity contribution in [1.82, 2.24) is 9.78 Å². The van der Waals surface area contributed by atoms with Crippen LogP contribution in [0.2, 0.25) is 0 Å². The van der Waals surface area contributed by atoms with Crippen LogP contribution >= 0.6 is 22.6 Å². The molecule has 0 saturated carbocycles. The Morgan fingerprint density at radius 1 is 1.60 bits per heavy atom. The molecule has 1 aromatic rings. The molecule has 0 fully saturated rings. The van der Waals surface area contributed by atoms with E-state index in [9.17, 15) is 4.79 Å². The third-order valence-corrected chi connectivity index (χ3v) is 2.18. The van der Waals surface area contributed by atoms with E-state index in [0.717, 1.165) is 9.39 Å². The standard InChI is InChI=1S/C10H15IN2O2/c1-7-5-8(11)12-13(7)6-9(14)15-10(2,3)4/h5H,6H2,1-4H3. The summed E-state index contributed by atoms with van der Waals surface area (Å²) < 4.78 is 7.74. The van der Waals surface area contributed by atoms with Crippen molar-refractivity contribution >= 4 is 28.6 Å². The Kier molecular flexibility index (Phi) is 3.75. The lowest BCUT2D eigenvalue weighted by atomic mass is 10.2. The molecule has 0 unspecified atom stereocenters. The molecule has 0 atom stereocenters. The van der Waals surface area contributed by atoms with E-state index in [1.165, 1.54) is 0 Å². The lowest BCUT2D eigenvalue weighted by Gasteiger charge is -2.19.